The van der Waals surface area contributed by atoms with Gasteiger partial charge in [0, 0.05) is 18.5 Å². The summed E-state index contributed by atoms with van der Waals surface area (Å²) in [5, 5.41) is 9.26. The summed E-state index contributed by atoms with van der Waals surface area (Å²) >= 11 is 0. The Balaban J connectivity index is 2.38. The van der Waals surface area contributed by atoms with E-state index in [-0.39, 0.29) is 17.4 Å². The molecule has 0 aromatic rings. The minimum Gasteiger partial charge on any atom is -0.444 e. The molecular formula is C18H24N2O3. The summed E-state index contributed by atoms with van der Waals surface area (Å²) in [6.45, 7) is 11.9. The highest BCUT2D eigenvalue weighted by Gasteiger charge is 2.49. The molecule has 0 saturated carbocycles. The fourth-order valence-electron chi connectivity index (χ4n) is 3.46. The molecule has 0 saturated heterocycles. The van der Waals surface area contributed by atoms with E-state index < -0.39 is 16.4 Å². The molecule has 0 aromatic carbocycles. The lowest BCUT2D eigenvalue weighted by Crippen LogP contribution is -2.51. The van der Waals surface area contributed by atoms with Crippen LogP contribution in [0.1, 0.15) is 41.5 Å². The van der Waals surface area contributed by atoms with Gasteiger partial charge in [0.25, 0.3) is 0 Å². The summed E-state index contributed by atoms with van der Waals surface area (Å²) in [5.74, 6) is -0.158. The average Bonchev–Trinajstić information content (AvgIpc) is 2.40. The highest BCUT2D eigenvalue weighted by atomic mass is 16.6. The second-order valence-corrected chi connectivity index (χ2v) is 8.02. The molecule has 0 aromatic heterocycles. The third kappa shape index (κ3) is 3.03. The van der Waals surface area contributed by atoms with E-state index in [1.54, 1.807) is 11.0 Å². The molecule has 1 heterocycles. The smallest absolute Gasteiger partial charge is 0.410 e. The Morgan fingerprint density at radius 3 is 2.48 bits per heavy atom. The number of amides is 1. The van der Waals surface area contributed by atoms with E-state index in [4.69, 9.17) is 4.74 Å². The van der Waals surface area contributed by atoms with Gasteiger partial charge >= 0.3 is 6.09 Å². The van der Waals surface area contributed by atoms with Gasteiger partial charge in [-0.2, -0.15) is 5.26 Å². The topological polar surface area (TPSA) is 70.4 Å². The lowest BCUT2D eigenvalue weighted by atomic mass is 9.60. The van der Waals surface area contributed by atoms with E-state index in [0.29, 0.717) is 13.1 Å². The Morgan fingerprint density at radius 1 is 1.35 bits per heavy atom. The van der Waals surface area contributed by atoms with Gasteiger partial charge in [-0.15, -0.1) is 0 Å². The van der Waals surface area contributed by atoms with Crippen molar-refractivity contribution in [3.63, 3.8) is 0 Å². The number of carbonyl (C=O) groups excluding carboxylic acids is 2. The van der Waals surface area contributed by atoms with E-state index in [1.807, 2.05) is 53.7 Å². The van der Waals surface area contributed by atoms with Gasteiger partial charge in [0.15, 0.2) is 5.78 Å². The molecule has 0 radical (unpaired) electrons. The van der Waals surface area contributed by atoms with Gasteiger partial charge < -0.3 is 9.64 Å². The van der Waals surface area contributed by atoms with Crippen LogP contribution >= 0.6 is 0 Å². The fraction of sp³-hybridized carbons (Fsp3) is 0.611. The molecule has 124 valence electrons. The molecule has 1 aliphatic carbocycles. The summed E-state index contributed by atoms with van der Waals surface area (Å²) in [4.78, 5) is 26.4. The lowest BCUT2D eigenvalue weighted by Gasteiger charge is -2.47. The van der Waals surface area contributed by atoms with E-state index in [9.17, 15) is 14.9 Å². The van der Waals surface area contributed by atoms with Gasteiger partial charge in [-0.25, -0.2) is 4.79 Å². The molecule has 1 atom stereocenters. The molecule has 0 N–H and O–H groups in total. The van der Waals surface area contributed by atoms with Gasteiger partial charge in [-0.3, -0.25) is 4.79 Å². The number of allylic oxidation sites excluding steroid dienone is 1. The van der Waals surface area contributed by atoms with E-state index >= 15 is 0 Å². The second kappa shape index (κ2) is 5.23. The number of rotatable bonds is 0. The minimum atomic E-state index is -0.728. The lowest BCUT2D eigenvalue weighted by molar-refractivity contribution is -0.122. The highest BCUT2D eigenvalue weighted by Crippen LogP contribution is 2.49. The van der Waals surface area contributed by atoms with Crippen LogP contribution in [0.2, 0.25) is 0 Å². The van der Waals surface area contributed by atoms with Gasteiger partial charge in [0.1, 0.15) is 11.7 Å². The van der Waals surface area contributed by atoms with Crippen LogP contribution in [-0.4, -0.2) is 35.5 Å². The molecule has 0 spiro atoms. The number of carbonyl (C=O) groups is 2. The summed E-state index contributed by atoms with van der Waals surface area (Å²) in [6.07, 6.45) is 3.24. The monoisotopic (exact) mass is 316 g/mol. The van der Waals surface area contributed by atoms with E-state index in [0.717, 1.165) is 5.57 Å². The number of hydrogen-bond acceptors (Lipinski definition) is 4. The quantitative estimate of drug-likeness (QED) is 0.643. The Kier molecular flexibility index (Phi) is 3.92. The first-order valence-electron chi connectivity index (χ1n) is 7.77. The van der Waals surface area contributed by atoms with Gasteiger partial charge in [-0.1, -0.05) is 19.1 Å². The summed E-state index contributed by atoms with van der Waals surface area (Å²) in [5.41, 5.74) is -0.682. The Labute approximate surface area is 137 Å². The first-order chi connectivity index (χ1) is 10.4. The van der Waals surface area contributed by atoms with Crippen LogP contribution in [0.5, 0.6) is 0 Å². The predicted octanol–water partition coefficient (Wildman–Crippen LogP) is 3.23. The van der Waals surface area contributed by atoms with Crippen molar-refractivity contribution >= 4 is 11.9 Å². The van der Waals surface area contributed by atoms with Gasteiger partial charge in [0.05, 0.1) is 11.0 Å². The van der Waals surface area contributed by atoms with Crippen molar-refractivity contribution in [3.05, 3.63) is 23.3 Å². The largest absolute Gasteiger partial charge is 0.444 e. The number of ketones is 1. The maximum Gasteiger partial charge on any atom is 0.410 e. The molecule has 5 nitrogen and oxygen atoms in total. The molecule has 1 amide bonds. The molecule has 0 fully saturated rings. The van der Waals surface area contributed by atoms with Crippen molar-refractivity contribution < 1.29 is 14.3 Å². The average molecular weight is 316 g/mol. The molecular weight excluding hydrogens is 292 g/mol. The van der Waals surface area contributed by atoms with Gasteiger partial charge in [0.2, 0.25) is 0 Å². The summed E-state index contributed by atoms with van der Waals surface area (Å²) in [6, 6.07) is 2.00. The van der Waals surface area contributed by atoms with Crippen LogP contribution in [0.15, 0.2) is 23.3 Å². The highest BCUT2D eigenvalue weighted by molar-refractivity contribution is 6.06. The molecule has 5 heteroatoms. The van der Waals surface area contributed by atoms with Crippen molar-refractivity contribution in [1.82, 2.24) is 4.90 Å². The first kappa shape index (κ1) is 17.3. The SMILES string of the molecule is CC(C)(C)OC(=O)N1CC=C2C(C)(C)C(=O)C(C#N)=C[C@]2(C)C1. The Morgan fingerprint density at radius 2 is 1.96 bits per heavy atom. The predicted molar refractivity (Wildman–Crippen MR) is 86.5 cm³/mol. The molecule has 0 unspecified atom stereocenters. The van der Waals surface area contributed by atoms with Crippen LogP contribution < -0.4 is 0 Å². The minimum absolute atomic E-state index is 0.158. The molecule has 1 aliphatic heterocycles. The Bertz CT molecular complexity index is 659. The standard InChI is InChI=1S/C18H24N2O3/c1-16(2,3)23-15(22)20-8-7-13-17(4,5)14(21)12(10-19)9-18(13,6)11-20/h7,9H,8,11H2,1-6H3/t18-/m1/s1. The zero-order valence-corrected chi connectivity index (χ0v) is 14.7. The van der Waals surface area contributed by atoms with Crippen LogP contribution in [0, 0.1) is 22.2 Å². The number of nitrogens with zero attached hydrogens (tertiary/aromatic N) is 2. The van der Waals surface area contributed by atoms with Crippen molar-refractivity contribution in [2.24, 2.45) is 10.8 Å². The van der Waals surface area contributed by atoms with Crippen molar-refractivity contribution in [2.45, 2.75) is 47.1 Å². The summed E-state index contributed by atoms with van der Waals surface area (Å²) < 4.78 is 5.43. The summed E-state index contributed by atoms with van der Waals surface area (Å²) in [7, 11) is 0. The third-order valence-corrected chi connectivity index (χ3v) is 4.37. The van der Waals surface area contributed by atoms with Crippen LogP contribution in [0.4, 0.5) is 4.79 Å². The third-order valence-electron chi connectivity index (χ3n) is 4.37. The normalized spacial score (nSPS) is 26.7. The number of hydrogen-bond donors (Lipinski definition) is 0. The zero-order valence-electron chi connectivity index (χ0n) is 14.7. The first-order valence-corrected chi connectivity index (χ1v) is 7.77. The molecule has 2 aliphatic rings. The number of Topliss-reactive ketones (excluding diaryl/α,β-unsaturated/α-hetero) is 1. The number of nitriles is 1. The van der Waals surface area contributed by atoms with Gasteiger partial charge in [-0.05, 0) is 40.2 Å². The van der Waals surface area contributed by atoms with Crippen molar-refractivity contribution in [1.29, 1.82) is 5.26 Å². The molecule has 2 rings (SSSR count). The fourth-order valence-corrected chi connectivity index (χ4v) is 3.46. The maximum absolute atomic E-state index is 12.4. The van der Waals surface area contributed by atoms with E-state index in [1.165, 1.54) is 0 Å². The van der Waals surface area contributed by atoms with Crippen LogP contribution in [0.3, 0.4) is 0 Å². The Hall–Kier alpha value is -2.09. The van der Waals surface area contributed by atoms with Crippen LogP contribution in [-0.2, 0) is 9.53 Å². The maximum atomic E-state index is 12.4. The second-order valence-electron chi connectivity index (χ2n) is 8.02. The van der Waals surface area contributed by atoms with Crippen molar-refractivity contribution in [3.8, 4) is 6.07 Å². The molecule has 0 bridgehead atoms. The zero-order chi connectivity index (χ0) is 17.6. The number of fused-ring (bicyclic) bond motifs is 1. The van der Waals surface area contributed by atoms with Crippen molar-refractivity contribution in [2.75, 3.05) is 13.1 Å². The van der Waals surface area contributed by atoms with Crippen LogP contribution in [0.25, 0.3) is 0 Å². The van der Waals surface area contributed by atoms with E-state index in [2.05, 4.69) is 0 Å². The number of ether oxygens (including phenoxy) is 1. The molecule has 23 heavy (non-hydrogen) atoms.